The number of anilines is 4. The Bertz CT molecular complexity index is 3760. The van der Waals surface area contributed by atoms with Gasteiger partial charge in [-0.2, -0.15) is 19.9 Å². The molecule has 0 aromatic carbocycles. The normalized spacial score (nSPS) is 28.1. The van der Waals surface area contributed by atoms with E-state index in [9.17, 15) is 67.2 Å². The highest BCUT2D eigenvalue weighted by Crippen LogP contribution is 2.52. The summed E-state index contributed by atoms with van der Waals surface area (Å²) in [6, 6.07) is 2.59. The maximum atomic E-state index is 13.4. The number of aromatic nitrogens is 12. The molecule has 17 N–H and O–H groups in total. The summed E-state index contributed by atoms with van der Waals surface area (Å²) in [5.41, 5.74) is 19.6. The number of aliphatic hydroxyl groups excluding tert-OH is 2. The first-order valence-corrected chi connectivity index (χ1v) is 29.7. The van der Waals surface area contributed by atoms with Crippen LogP contribution >= 0.6 is 31.7 Å². The Kier molecular flexibility index (Phi) is 18.3. The van der Waals surface area contributed by atoms with Crippen LogP contribution in [0.5, 0.6) is 0 Å². The summed E-state index contributed by atoms with van der Waals surface area (Å²) in [7, 11) is -18.2. The van der Waals surface area contributed by atoms with Crippen molar-refractivity contribution in [2.75, 3.05) is 49.4 Å². The van der Waals surface area contributed by atoms with Gasteiger partial charge in [0, 0.05) is 42.6 Å². The second kappa shape index (κ2) is 24.8. The van der Waals surface area contributed by atoms with Crippen LogP contribution in [-0.2, 0) is 64.4 Å². The molecule has 10 heterocycles. The molecule has 0 bridgehead atoms. The van der Waals surface area contributed by atoms with Crippen LogP contribution in [0, 0.1) is 0 Å². The average Bonchev–Trinajstić information content (AvgIpc) is 3.58. The fraction of sp³-hybridized carbons (Fsp3) is 0.526. The van der Waals surface area contributed by atoms with Gasteiger partial charge in [-0.1, -0.05) is 0 Å². The van der Waals surface area contributed by atoms with Crippen molar-refractivity contribution in [2.24, 2.45) is 0 Å². The molecule has 4 fully saturated rings. The number of nitrogens with two attached hydrogens (primary N) is 4. The molecule has 4 aliphatic rings. The number of ether oxygens (including phenoxy) is 4. The molecule has 83 heavy (non-hydrogen) atoms. The van der Waals surface area contributed by atoms with Crippen LogP contribution in [0.3, 0.4) is 0 Å². The lowest BCUT2D eigenvalue weighted by Crippen LogP contribution is -2.31. The van der Waals surface area contributed by atoms with Gasteiger partial charge in [-0.15, -0.1) is 9.42 Å². The molecule has 10 rings (SSSR count). The maximum Gasteiger partial charge on any atom is 0.694 e. The van der Waals surface area contributed by atoms with Crippen LogP contribution in [0.2, 0.25) is 0 Å². The summed E-state index contributed by atoms with van der Waals surface area (Å²) in [4.78, 5) is 126. The van der Waals surface area contributed by atoms with E-state index >= 15 is 0 Å². The molecule has 0 radical (unpaired) electrons. The quantitative estimate of drug-likeness (QED) is 0.0334. The van der Waals surface area contributed by atoms with Gasteiger partial charge >= 0.3 is 43.1 Å². The summed E-state index contributed by atoms with van der Waals surface area (Å²) < 4.78 is 107. The van der Waals surface area contributed by atoms with E-state index in [0.29, 0.717) is 0 Å². The van der Waals surface area contributed by atoms with Crippen molar-refractivity contribution in [1.82, 2.24) is 58.1 Å². The molecular weight excluding hydrogens is 1200 g/mol. The molecule has 3 unspecified atom stereocenters. The highest BCUT2D eigenvalue weighted by molar-refractivity contribution is 7.47. The van der Waals surface area contributed by atoms with Crippen molar-refractivity contribution >= 4 is 77.6 Å². The Labute approximate surface area is 461 Å². The van der Waals surface area contributed by atoms with Crippen LogP contribution in [0.15, 0.2) is 56.4 Å². The van der Waals surface area contributed by atoms with E-state index in [2.05, 4.69) is 48.9 Å². The van der Waals surface area contributed by atoms with Crippen LogP contribution in [-0.4, -0.2) is 168 Å². The third-order valence-corrected chi connectivity index (χ3v) is 15.6. The number of hydrogen-bond acceptors (Lipinski definition) is 30. The molecule has 0 aliphatic carbocycles. The van der Waals surface area contributed by atoms with E-state index in [4.69, 9.17) is 64.9 Å². The molecule has 0 saturated carbocycles. The molecule has 6 aromatic rings. The molecule has 41 nitrogen and oxygen atoms in total. The minimum atomic E-state index is -5.24. The summed E-state index contributed by atoms with van der Waals surface area (Å²) in [5.74, 6) is -0.515. The van der Waals surface area contributed by atoms with E-state index in [1.165, 1.54) is 40.0 Å². The highest BCUT2D eigenvalue weighted by atomic mass is 31.2. The molecule has 0 amide bonds. The van der Waals surface area contributed by atoms with Gasteiger partial charge in [-0.3, -0.25) is 60.4 Å². The monoisotopic (exact) mass is 1260 g/mol. The van der Waals surface area contributed by atoms with Crippen molar-refractivity contribution in [2.45, 2.75) is 99.4 Å². The summed E-state index contributed by atoms with van der Waals surface area (Å²) in [6.07, 6.45) is -9.90. The zero-order chi connectivity index (χ0) is 59.9. The number of nitrogens with one attached hydrogen (secondary N) is 2. The Hall–Kier alpha value is -6.23. The predicted octanol–water partition coefficient (Wildman–Crippen LogP) is -3.27. The Balaban J connectivity index is 0.000000313. The van der Waals surface area contributed by atoms with Crippen molar-refractivity contribution in [3.05, 3.63) is 78.9 Å². The zero-order valence-electron chi connectivity index (χ0n) is 42.1. The van der Waals surface area contributed by atoms with Gasteiger partial charge in [0.2, 0.25) is 11.9 Å². The van der Waals surface area contributed by atoms with Crippen molar-refractivity contribution in [3.63, 3.8) is 0 Å². The van der Waals surface area contributed by atoms with Gasteiger partial charge in [0.1, 0.15) is 79.8 Å². The van der Waals surface area contributed by atoms with Crippen LogP contribution in [0.25, 0.3) is 22.3 Å². The van der Waals surface area contributed by atoms with Gasteiger partial charge in [0.05, 0.1) is 44.7 Å². The molecule has 15 atom stereocenters. The molecule has 452 valence electrons. The molecule has 4 aliphatic heterocycles. The molecule has 45 heteroatoms. The highest BCUT2D eigenvalue weighted by Gasteiger charge is 2.47. The fourth-order valence-electron chi connectivity index (χ4n) is 8.98. The second-order valence-electron chi connectivity index (χ2n) is 18.4. The van der Waals surface area contributed by atoms with E-state index in [1.54, 1.807) is 0 Å². The largest absolute Gasteiger partial charge is 0.694 e. The van der Waals surface area contributed by atoms with Gasteiger partial charge in [-0.25, -0.2) is 33.3 Å². The number of imidazole rings is 2. The number of fused-ring (bicyclic) bond motifs is 2. The van der Waals surface area contributed by atoms with Crippen molar-refractivity contribution in [1.29, 1.82) is 0 Å². The minimum Gasteiger partial charge on any atom is -0.390 e. The molecule has 4 saturated heterocycles. The number of rotatable bonds is 20. The average molecular weight is 1260 g/mol. The lowest BCUT2D eigenvalue weighted by atomic mass is 10.2. The SMILES string of the molecule is Nc1ccn([C@H]2C[C@H](OP(=O)(O)OC[C@H]3O[C@@H](n4ccc(N)nc4=O)C[C@@H]3O)[C@@H](COP(=O)(O)O[C@H]3C[C@H](n4cnc5c(=O)[nH]c(N)nc54)O[C@@H]3COP(=O)(O)O)O2)c(=O)n1.Nc1nc2c(ncn2[C@H]2C[C@H](O)[C@@H](CO[P+](=O)O)O2)c(=O)[nH]1. The Morgan fingerprint density at radius 1 is 0.578 bits per heavy atom. The van der Waals surface area contributed by atoms with Crippen LogP contribution in [0.1, 0.15) is 50.6 Å². The standard InChI is InChI=1S/C28H38N11O19P3.C10H12N5O6P/c29-18-1-3-37(27(42)33-18)20-5-12(40)15(54-20)8-52-60(47,48)57-13-6-21(38-4-2-19(30)34-28(38)43)55-17(13)10-53-61(49,50)58-14-7-22(56-16(14)9-51-59(44,45)46)39-11-32-23-24(39)35-26(31)36-25(23)41;11-10-13-8-7(9(17)14-10)12-3-15(8)6-1-4(16)5(21-6)2-20-22(18)19/h1-4,11-17,20-22,40H,5-10H2,(H,47,48)(H,49,50)(H2,29,33,42)(H2,30,34,43)(H2,44,45,46)(H3,31,35,36,41);3-6,16H,1-2H2,(H3-,11,13,14,17,18,19)/p+1/t12-,13-,14-,15+,16+,17+,20+,21+,22+;4-,5+,6+/m00/s1. The maximum absolute atomic E-state index is 13.4. The van der Waals surface area contributed by atoms with Gasteiger partial charge in [0.15, 0.2) is 22.3 Å². The van der Waals surface area contributed by atoms with E-state index in [-0.39, 0.29) is 78.2 Å². The first-order valence-electron chi connectivity index (χ1n) is 24.0. The van der Waals surface area contributed by atoms with Crippen molar-refractivity contribution < 1.29 is 99.0 Å². The molecular formula is C38H51N16O25P4+. The number of aliphatic hydroxyl groups is 2. The smallest absolute Gasteiger partial charge is 0.390 e. The number of H-pyrrole nitrogens is 2. The molecule has 6 aromatic heterocycles. The third kappa shape index (κ3) is 14.8. The van der Waals surface area contributed by atoms with Crippen LogP contribution in [0.4, 0.5) is 23.5 Å². The topological polar surface area (TPSA) is 603 Å². The number of aromatic amines is 2. The van der Waals surface area contributed by atoms with Crippen molar-refractivity contribution in [3.8, 4) is 0 Å². The van der Waals surface area contributed by atoms with Gasteiger partial charge < -0.3 is 71.7 Å². The minimum absolute atomic E-state index is 0.0475. The van der Waals surface area contributed by atoms with Gasteiger partial charge in [-0.05, 0) is 12.1 Å². The zero-order valence-corrected chi connectivity index (χ0v) is 45.7. The van der Waals surface area contributed by atoms with E-state index in [0.717, 1.165) is 15.5 Å². The second-order valence-corrected chi connectivity index (χ2v) is 23.2. The van der Waals surface area contributed by atoms with Crippen LogP contribution < -0.4 is 45.4 Å². The number of phosphoric acid groups is 3. The fourth-order valence-corrected chi connectivity index (χ4v) is 11.5. The van der Waals surface area contributed by atoms with E-state index < -0.39 is 148 Å². The number of nitrogen functional groups attached to an aromatic ring is 4. The first kappa shape index (κ1) is 61.3. The summed E-state index contributed by atoms with van der Waals surface area (Å²) in [6.45, 7) is -2.74. The first-order chi connectivity index (χ1) is 39.1. The van der Waals surface area contributed by atoms with Gasteiger partial charge in [0.25, 0.3) is 11.1 Å². The van der Waals surface area contributed by atoms with E-state index in [1.807, 2.05) is 0 Å². The summed E-state index contributed by atoms with van der Waals surface area (Å²) in [5, 5.41) is 20.5. The predicted molar refractivity (Wildman–Crippen MR) is 272 cm³/mol. The lowest BCUT2D eigenvalue weighted by molar-refractivity contribution is -0.0613. The molecule has 0 spiro atoms. The number of nitrogens with zero attached hydrogens (tertiary/aromatic N) is 10. The Morgan fingerprint density at radius 3 is 1.40 bits per heavy atom. The Morgan fingerprint density at radius 2 is 0.964 bits per heavy atom. The summed E-state index contributed by atoms with van der Waals surface area (Å²) >= 11 is 0. The number of phosphoric ester groups is 3. The number of hydrogen-bond donors (Lipinski definition) is 13. The lowest BCUT2D eigenvalue weighted by Gasteiger charge is -2.24. The third-order valence-electron chi connectivity index (χ3n) is 12.7.